The van der Waals surface area contributed by atoms with Gasteiger partial charge in [0.1, 0.15) is 17.7 Å². The first-order valence-electron chi connectivity index (χ1n) is 11.1. The van der Waals surface area contributed by atoms with Crippen molar-refractivity contribution in [3.8, 4) is 6.07 Å². The van der Waals surface area contributed by atoms with E-state index in [1.807, 2.05) is 6.07 Å². The minimum atomic E-state index is -5.01. The predicted molar refractivity (Wildman–Crippen MR) is 124 cm³/mol. The maximum absolute atomic E-state index is 13.0. The highest BCUT2D eigenvalue weighted by Gasteiger charge is 2.40. The summed E-state index contributed by atoms with van der Waals surface area (Å²) in [4.78, 5) is 33.5. The second kappa shape index (κ2) is 12.0. The van der Waals surface area contributed by atoms with E-state index in [0.717, 1.165) is 31.2 Å². The third-order valence-corrected chi connectivity index (χ3v) is 5.84. The van der Waals surface area contributed by atoms with Crippen LogP contribution in [0.5, 0.6) is 0 Å². The van der Waals surface area contributed by atoms with Crippen molar-refractivity contribution in [2.75, 3.05) is 25.2 Å². The Balaban J connectivity index is 1.62. The average Bonchev–Trinajstić information content (AvgIpc) is 3.37. The van der Waals surface area contributed by atoms with Crippen LogP contribution in [0.25, 0.3) is 0 Å². The molecule has 1 aromatic heterocycles. The van der Waals surface area contributed by atoms with Crippen LogP contribution in [0.15, 0.2) is 30.5 Å². The molecule has 192 valence electrons. The van der Waals surface area contributed by atoms with Crippen LogP contribution in [-0.2, 0) is 16.1 Å². The number of benzene rings is 1. The largest absolute Gasteiger partial charge is 0.490 e. The summed E-state index contributed by atoms with van der Waals surface area (Å²) in [7, 11) is 1.67. The molecule has 1 saturated carbocycles. The fourth-order valence-electron chi connectivity index (χ4n) is 3.76. The molecular formula is C23H24ClF3N6O3. The predicted octanol–water partition coefficient (Wildman–Crippen LogP) is 3.63. The van der Waals surface area contributed by atoms with E-state index in [1.54, 1.807) is 41.2 Å². The molecule has 1 N–H and O–H groups in total. The summed E-state index contributed by atoms with van der Waals surface area (Å²) in [6.07, 6.45) is -0.0614. The summed E-state index contributed by atoms with van der Waals surface area (Å²) in [5.41, 5.74) is 4.03. The lowest BCUT2D eigenvalue weighted by atomic mass is 10.1. The number of anilines is 1. The lowest BCUT2D eigenvalue weighted by Crippen LogP contribution is -2.48. The Labute approximate surface area is 210 Å². The highest BCUT2D eigenvalue weighted by atomic mass is 35.5. The molecule has 0 atom stereocenters. The van der Waals surface area contributed by atoms with Crippen LogP contribution in [0.2, 0.25) is 5.02 Å². The molecule has 3 rings (SSSR count). The summed E-state index contributed by atoms with van der Waals surface area (Å²) >= 11 is 6.29. The van der Waals surface area contributed by atoms with Gasteiger partial charge in [0, 0.05) is 18.7 Å². The Bertz CT molecular complexity index is 1120. The van der Waals surface area contributed by atoms with Crippen molar-refractivity contribution in [2.45, 2.75) is 44.4 Å². The van der Waals surface area contributed by atoms with Crippen molar-refractivity contribution in [3.05, 3.63) is 52.4 Å². The molecule has 1 heterocycles. The first kappa shape index (κ1) is 27.2. The van der Waals surface area contributed by atoms with Gasteiger partial charge in [-0.1, -0.05) is 36.6 Å². The molecule has 13 heteroatoms. The molecule has 0 saturated heterocycles. The van der Waals surface area contributed by atoms with Crippen LogP contribution >= 0.6 is 11.6 Å². The number of hydrogen-bond acceptors (Lipinski definition) is 8. The van der Waals surface area contributed by atoms with Gasteiger partial charge in [-0.05, 0) is 37.6 Å². The Kier molecular flexibility index (Phi) is 9.06. The summed E-state index contributed by atoms with van der Waals surface area (Å²) in [5.74, 6) is -2.42. The second-order valence-corrected chi connectivity index (χ2v) is 8.70. The van der Waals surface area contributed by atoms with E-state index < -0.39 is 24.7 Å². The van der Waals surface area contributed by atoms with Crippen LogP contribution in [0.4, 0.5) is 19.0 Å². The summed E-state index contributed by atoms with van der Waals surface area (Å²) in [6.45, 7) is 0.0728. The van der Waals surface area contributed by atoms with E-state index in [0.29, 0.717) is 12.1 Å². The number of hydrazine groups is 1. The van der Waals surface area contributed by atoms with Crippen molar-refractivity contribution in [1.82, 2.24) is 20.3 Å². The molecule has 1 aliphatic carbocycles. The number of halogens is 4. The van der Waals surface area contributed by atoms with E-state index in [1.165, 1.54) is 6.20 Å². The van der Waals surface area contributed by atoms with E-state index in [9.17, 15) is 22.8 Å². The molecule has 0 unspecified atom stereocenters. The SMILES string of the molecule is CN(CCOC(=O)C(F)(F)F)Cc1ccc(C(=O)NN(c2nc(C#N)ncc2Cl)C2CCCC2)cc1. The van der Waals surface area contributed by atoms with Crippen LogP contribution in [0, 0.1) is 11.3 Å². The summed E-state index contributed by atoms with van der Waals surface area (Å²) in [5, 5.41) is 11.0. The lowest BCUT2D eigenvalue weighted by molar-refractivity contribution is -0.199. The number of likely N-dealkylation sites (N-methyl/N-ethyl adjacent to an activating group) is 1. The standard InChI is InChI=1S/C23H24ClF3N6O3/c1-32(10-11-36-22(35)23(25,26)27)14-15-6-8-16(9-7-15)21(34)31-33(17-4-2-3-5-17)20-18(24)13-29-19(12-28)30-20/h6-9,13,17H,2-5,10-11,14H2,1H3,(H,31,34). The normalized spacial score (nSPS) is 13.9. The Morgan fingerprint density at radius 1 is 1.25 bits per heavy atom. The molecule has 36 heavy (non-hydrogen) atoms. The number of alkyl halides is 3. The van der Waals surface area contributed by atoms with Crippen molar-refractivity contribution < 1.29 is 27.5 Å². The van der Waals surface area contributed by atoms with Crippen LogP contribution < -0.4 is 10.4 Å². The molecule has 1 amide bonds. The average molecular weight is 525 g/mol. The van der Waals surface area contributed by atoms with Gasteiger partial charge in [-0.25, -0.2) is 9.78 Å². The van der Waals surface area contributed by atoms with Crippen molar-refractivity contribution in [1.29, 1.82) is 5.26 Å². The minimum absolute atomic E-state index is 0.0349. The van der Waals surface area contributed by atoms with Gasteiger partial charge in [0.25, 0.3) is 5.91 Å². The number of nitriles is 1. The molecule has 1 aromatic carbocycles. The number of ether oxygens (including phenoxy) is 1. The molecule has 0 aliphatic heterocycles. The lowest BCUT2D eigenvalue weighted by Gasteiger charge is -2.30. The van der Waals surface area contributed by atoms with Crippen molar-refractivity contribution in [2.24, 2.45) is 0 Å². The fraction of sp³-hybridized carbons (Fsp3) is 0.435. The summed E-state index contributed by atoms with van der Waals surface area (Å²) < 4.78 is 40.8. The van der Waals surface area contributed by atoms with Crippen LogP contribution in [0.3, 0.4) is 0 Å². The Hall–Kier alpha value is -3.43. The second-order valence-electron chi connectivity index (χ2n) is 8.29. The zero-order valence-corrected chi connectivity index (χ0v) is 20.1. The molecule has 1 fully saturated rings. The number of esters is 1. The highest BCUT2D eigenvalue weighted by molar-refractivity contribution is 6.32. The topological polar surface area (TPSA) is 111 Å². The quantitative estimate of drug-likeness (QED) is 0.391. The van der Waals surface area contributed by atoms with E-state index >= 15 is 0 Å². The van der Waals surface area contributed by atoms with Gasteiger partial charge in [-0.3, -0.25) is 20.1 Å². The molecule has 2 aromatic rings. The molecular weight excluding hydrogens is 501 g/mol. The summed E-state index contributed by atoms with van der Waals surface area (Å²) in [6, 6.07) is 8.52. The number of aromatic nitrogens is 2. The van der Waals surface area contributed by atoms with Crippen LogP contribution in [-0.4, -0.2) is 59.2 Å². The smallest absolute Gasteiger partial charge is 0.458 e. The fourth-order valence-corrected chi connectivity index (χ4v) is 3.94. The van der Waals surface area contributed by atoms with Gasteiger partial charge in [0.15, 0.2) is 5.82 Å². The number of nitrogens with one attached hydrogen (secondary N) is 1. The Morgan fingerprint density at radius 3 is 2.53 bits per heavy atom. The van der Waals surface area contributed by atoms with E-state index in [-0.39, 0.29) is 29.3 Å². The highest BCUT2D eigenvalue weighted by Crippen LogP contribution is 2.30. The number of rotatable bonds is 9. The van der Waals surface area contributed by atoms with Gasteiger partial charge in [-0.2, -0.15) is 23.4 Å². The molecule has 0 bridgehead atoms. The number of carbonyl (C=O) groups excluding carboxylic acids is 2. The van der Waals surface area contributed by atoms with E-state index in [2.05, 4.69) is 20.1 Å². The first-order chi connectivity index (χ1) is 17.1. The maximum atomic E-state index is 13.0. The van der Waals surface area contributed by atoms with Crippen LogP contribution in [0.1, 0.15) is 47.4 Å². The van der Waals surface area contributed by atoms with Gasteiger partial charge in [0.05, 0.1) is 12.2 Å². The van der Waals surface area contributed by atoms with Crippen molar-refractivity contribution in [3.63, 3.8) is 0 Å². The molecule has 0 spiro atoms. The van der Waals surface area contributed by atoms with E-state index in [4.69, 9.17) is 16.9 Å². The maximum Gasteiger partial charge on any atom is 0.490 e. The minimum Gasteiger partial charge on any atom is -0.458 e. The van der Waals surface area contributed by atoms with Gasteiger partial charge in [-0.15, -0.1) is 0 Å². The zero-order valence-electron chi connectivity index (χ0n) is 19.4. The molecule has 1 aliphatic rings. The van der Waals surface area contributed by atoms with Gasteiger partial charge in [0.2, 0.25) is 5.82 Å². The number of carbonyl (C=O) groups is 2. The monoisotopic (exact) mass is 524 g/mol. The molecule has 9 nitrogen and oxygen atoms in total. The third-order valence-electron chi connectivity index (χ3n) is 5.57. The van der Waals surface area contributed by atoms with Gasteiger partial charge >= 0.3 is 12.1 Å². The van der Waals surface area contributed by atoms with Gasteiger partial charge < -0.3 is 4.74 Å². The molecule has 0 radical (unpaired) electrons. The zero-order chi connectivity index (χ0) is 26.3. The number of hydrogen-bond donors (Lipinski definition) is 1. The number of nitrogens with zero attached hydrogens (tertiary/aromatic N) is 5. The third kappa shape index (κ3) is 7.29. The van der Waals surface area contributed by atoms with Crippen molar-refractivity contribution >= 4 is 29.3 Å². The Morgan fingerprint density at radius 2 is 1.92 bits per heavy atom. The first-order valence-corrected chi connectivity index (χ1v) is 11.5. The number of amides is 1.